The molecule has 0 aliphatic heterocycles. The van der Waals surface area contributed by atoms with Crippen LogP contribution in [0.1, 0.15) is 70.2 Å². The van der Waals surface area contributed by atoms with E-state index in [1.807, 2.05) is 55.4 Å². The third kappa shape index (κ3) is 23.6. The van der Waals surface area contributed by atoms with Gasteiger partial charge in [0.15, 0.2) is 0 Å². The highest BCUT2D eigenvalue weighted by molar-refractivity contribution is 5.83. The van der Waals surface area contributed by atoms with Gasteiger partial charge < -0.3 is 40.5 Å². The van der Waals surface area contributed by atoms with Gasteiger partial charge in [-0.3, -0.25) is 29.8 Å². The van der Waals surface area contributed by atoms with Crippen LogP contribution in [-0.2, 0) is 19.1 Å². The monoisotopic (exact) mass is 847 g/mol. The van der Waals surface area contributed by atoms with Crippen molar-refractivity contribution in [1.29, 1.82) is 0 Å². The molecule has 2 rings (SSSR count). The molecule has 0 heterocycles. The van der Waals surface area contributed by atoms with E-state index in [9.17, 15) is 29.8 Å². The second-order valence-electron chi connectivity index (χ2n) is 13.8. The second kappa shape index (κ2) is 31.2. The maximum atomic E-state index is 12.7. The Labute approximate surface area is 353 Å². The molecule has 0 fully saturated rings. The molecule has 0 saturated carbocycles. The van der Waals surface area contributed by atoms with Crippen LogP contribution >= 0.6 is 0 Å². The van der Waals surface area contributed by atoms with Crippen LogP contribution in [0.15, 0.2) is 46.6 Å². The van der Waals surface area contributed by atoms with Crippen LogP contribution in [-0.4, -0.2) is 121 Å². The summed E-state index contributed by atoms with van der Waals surface area (Å²) in [5, 5.41) is 41.5. The molecular formula is C38H66N14O8. The molecule has 22 nitrogen and oxygen atoms in total. The van der Waals surface area contributed by atoms with Gasteiger partial charge in [-0.15, -0.1) is 0 Å². The van der Waals surface area contributed by atoms with E-state index in [0.717, 1.165) is 6.07 Å². The molecule has 0 spiro atoms. The number of hydrogen-bond donors (Lipinski definition) is 4. The molecule has 336 valence electrons. The SMILES string of the molecule is C.C.CC(C)NCCN(CCNC(C)C)C(=O)CNc1ccc(N=[N+]=[N-])cc1[N+](=O)[O-].CC(C)OCCN(CCOC(C)C)C(=O)CNc1ccc(N=[N+]=[N-])cc1[N+](=O)[O-]. The van der Waals surface area contributed by atoms with Crippen LogP contribution in [0.4, 0.5) is 34.1 Å². The van der Waals surface area contributed by atoms with Crippen LogP contribution in [0.3, 0.4) is 0 Å². The first-order valence-corrected chi connectivity index (χ1v) is 18.9. The van der Waals surface area contributed by atoms with E-state index in [1.165, 1.54) is 30.3 Å². The number of nitro benzene ring substituents is 2. The van der Waals surface area contributed by atoms with E-state index in [1.54, 1.807) is 9.80 Å². The van der Waals surface area contributed by atoms with Gasteiger partial charge >= 0.3 is 0 Å². The molecule has 0 atom stereocenters. The van der Waals surface area contributed by atoms with Crippen LogP contribution in [0.25, 0.3) is 20.9 Å². The molecule has 4 N–H and O–H groups in total. The standard InChI is InChI=1S/C18H30N8O3.C18H28N6O5.2CH4/c1-13(2)20-7-9-25(10-8-21-14(3)4)18(27)12-22-16-6-5-15(23-24-19)11-17(16)26(28)29;1-13(2)28-9-7-23(8-10-29-14(3)4)18(25)12-20-16-6-5-15(21-22-19)11-17(16)24(26)27;;/h5-6,11,13-14,20-22H,7-10,12H2,1-4H3;5-6,11,13-14,20H,7-10,12H2,1-4H3;2*1H4. The quantitative estimate of drug-likeness (QED) is 0.0233. The van der Waals surface area contributed by atoms with Crippen molar-refractivity contribution in [3.8, 4) is 0 Å². The zero-order chi connectivity index (χ0) is 43.6. The van der Waals surface area contributed by atoms with Gasteiger partial charge in [0.2, 0.25) is 11.8 Å². The summed E-state index contributed by atoms with van der Waals surface area (Å²) in [5.41, 5.74) is 17.0. The van der Waals surface area contributed by atoms with Gasteiger partial charge in [0.25, 0.3) is 11.4 Å². The fourth-order valence-corrected chi connectivity index (χ4v) is 4.93. The average molecular weight is 847 g/mol. The first kappa shape index (κ1) is 56.3. The number of anilines is 2. The van der Waals surface area contributed by atoms with Crippen molar-refractivity contribution in [3.63, 3.8) is 0 Å². The topological polar surface area (TPSA) is 291 Å². The maximum Gasteiger partial charge on any atom is 0.292 e. The first-order valence-electron chi connectivity index (χ1n) is 18.9. The van der Waals surface area contributed by atoms with Gasteiger partial charge in [-0.25, -0.2) is 0 Å². The molecule has 0 saturated heterocycles. The van der Waals surface area contributed by atoms with Crippen molar-refractivity contribution < 1.29 is 28.9 Å². The molecule has 0 aliphatic carbocycles. The lowest BCUT2D eigenvalue weighted by Gasteiger charge is -2.24. The summed E-state index contributed by atoms with van der Waals surface area (Å²) in [7, 11) is 0. The lowest BCUT2D eigenvalue weighted by atomic mass is 10.2. The Hall–Kier alpha value is -5.76. The Morgan fingerprint density at radius 2 is 1.02 bits per heavy atom. The Morgan fingerprint density at radius 1 is 0.667 bits per heavy atom. The smallest absolute Gasteiger partial charge is 0.292 e. The van der Waals surface area contributed by atoms with Gasteiger partial charge in [-0.05, 0) is 50.9 Å². The highest BCUT2D eigenvalue weighted by Gasteiger charge is 2.20. The number of hydrogen-bond acceptors (Lipinski definition) is 14. The highest BCUT2D eigenvalue weighted by atomic mass is 16.6. The van der Waals surface area contributed by atoms with E-state index in [-0.39, 0.29) is 86.1 Å². The van der Waals surface area contributed by atoms with Crippen LogP contribution in [0.2, 0.25) is 0 Å². The second-order valence-corrected chi connectivity index (χ2v) is 13.8. The number of rotatable bonds is 26. The number of ether oxygens (including phenoxy) is 2. The van der Waals surface area contributed by atoms with Gasteiger partial charge in [0.1, 0.15) is 11.4 Å². The predicted octanol–water partition coefficient (Wildman–Crippen LogP) is 7.67. The predicted molar refractivity (Wildman–Crippen MR) is 236 cm³/mol. The molecule has 22 heteroatoms. The zero-order valence-corrected chi connectivity index (χ0v) is 34.6. The van der Waals surface area contributed by atoms with Gasteiger partial charge in [0, 0.05) is 84.7 Å². The Bertz CT molecular complexity index is 1560. The number of nitrogens with zero attached hydrogens (tertiary/aromatic N) is 10. The molecule has 0 bridgehead atoms. The molecule has 0 radical (unpaired) electrons. The molecule has 2 amide bonds. The molecule has 2 aromatic carbocycles. The fourth-order valence-electron chi connectivity index (χ4n) is 4.93. The summed E-state index contributed by atoms with van der Waals surface area (Å²) in [6.07, 6.45) is 0.100. The summed E-state index contributed by atoms with van der Waals surface area (Å²) in [6.45, 7) is 19.5. The van der Waals surface area contributed by atoms with E-state index in [4.69, 9.17) is 20.5 Å². The van der Waals surface area contributed by atoms with E-state index in [2.05, 4.69) is 41.3 Å². The Morgan fingerprint density at radius 3 is 1.32 bits per heavy atom. The molecular weight excluding hydrogens is 781 g/mol. The van der Waals surface area contributed by atoms with Crippen molar-refractivity contribution in [1.82, 2.24) is 20.4 Å². The number of carbonyl (C=O) groups excluding carboxylic acids is 2. The average Bonchev–Trinajstić information content (AvgIpc) is 3.15. The van der Waals surface area contributed by atoms with Crippen molar-refractivity contribution >= 4 is 45.9 Å². The summed E-state index contributed by atoms with van der Waals surface area (Å²) >= 11 is 0. The van der Waals surface area contributed by atoms with E-state index < -0.39 is 9.85 Å². The molecule has 60 heavy (non-hydrogen) atoms. The summed E-state index contributed by atoms with van der Waals surface area (Å²) in [4.78, 5) is 55.2. The van der Waals surface area contributed by atoms with Crippen molar-refractivity contribution in [2.24, 2.45) is 10.2 Å². The molecule has 0 aromatic heterocycles. The third-order valence-electron chi connectivity index (χ3n) is 7.74. The number of amides is 2. The number of nitro groups is 2. The van der Waals surface area contributed by atoms with Crippen molar-refractivity contribution in [2.75, 3.05) is 76.2 Å². The summed E-state index contributed by atoms with van der Waals surface area (Å²) < 4.78 is 11.0. The van der Waals surface area contributed by atoms with Crippen LogP contribution in [0, 0.1) is 20.2 Å². The van der Waals surface area contributed by atoms with Gasteiger partial charge in [-0.1, -0.05) is 64.9 Å². The third-order valence-corrected chi connectivity index (χ3v) is 7.74. The van der Waals surface area contributed by atoms with Crippen LogP contribution in [0.5, 0.6) is 0 Å². The van der Waals surface area contributed by atoms with Gasteiger partial charge in [0.05, 0.1) is 48.4 Å². The fraction of sp³-hybridized carbons (Fsp3) is 0.632. The number of nitrogens with one attached hydrogen (secondary N) is 4. The Balaban J connectivity index is 0. The van der Waals surface area contributed by atoms with Crippen molar-refractivity contribution in [2.45, 2.75) is 94.5 Å². The molecule has 0 unspecified atom stereocenters. The Kier molecular flexibility index (Phi) is 29.3. The maximum absolute atomic E-state index is 12.7. The van der Waals surface area contributed by atoms with Crippen molar-refractivity contribution in [3.05, 3.63) is 77.5 Å². The summed E-state index contributed by atoms with van der Waals surface area (Å²) in [5.74, 6) is -0.396. The normalized spacial score (nSPS) is 10.3. The largest absolute Gasteiger partial charge is 0.377 e. The number of azide groups is 2. The minimum atomic E-state index is -0.603. The lowest BCUT2D eigenvalue weighted by molar-refractivity contribution is -0.384. The minimum absolute atomic E-state index is 0. The first-order chi connectivity index (χ1) is 27.5. The van der Waals surface area contributed by atoms with E-state index >= 15 is 0 Å². The van der Waals surface area contributed by atoms with E-state index in [0.29, 0.717) is 64.6 Å². The summed E-state index contributed by atoms with van der Waals surface area (Å²) in [6, 6.07) is 8.68. The zero-order valence-electron chi connectivity index (χ0n) is 34.6. The van der Waals surface area contributed by atoms with Gasteiger partial charge in [-0.2, -0.15) is 0 Å². The van der Waals surface area contributed by atoms with Crippen LogP contribution < -0.4 is 21.3 Å². The lowest BCUT2D eigenvalue weighted by Crippen LogP contribution is -2.44. The molecule has 2 aromatic rings. The number of benzene rings is 2. The number of carbonyl (C=O) groups is 2. The highest BCUT2D eigenvalue weighted by Crippen LogP contribution is 2.30. The minimum Gasteiger partial charge on any atom is -0.377 e. The molecule has 0 aliphatic rings.